The lowest BCUT2D eigenvalue weighted by atomic mass is 10.0. The third kappa shape index (κ3) is 8.50. The van der Waals surface area contributed by atoms with Gasteiger partial charge in [0.2, 0.25) is 9.84 Å². The first-order valence-electron chi connectivity index (χ1n) is 15.1. The molecule has 6 nitrogen and oxygen atoms in total. The van der Waals surface area contributed by atoms with E-state index in [1.54, 1.807) is 72.8 Å². The number of esters is 1. The molecule has 5 aromatic carbocycles. The van der Waals surface area contributed by atoms with Crippen LogP contribution in [0.4, 0.5) is 0 Å². The number of carbonyl (C=O) groups is 1. The Morgan fingerprint density at radius 3 is 2.00 bits per heavy atom. The van der Waals surface area contributed by atoms with Crippen LogP contribution in [0.3, 0.4) is 0 Å². The van der Waals surface area contributed by atoms with E-state index in [1.807, 2.05) is 42.5 Å². The van der Waals surface area contributed by atoms with Crippen LogP contribution < -0.4 is 0 Å². The van der Waals surface area contributed by atoms with Crippen LogP contribution in [0.25, 0.3) is 11.1 Å². The zero-order valence-corrected chi connectivity index (χ0v) is 27.1. The molecule has 0 fully saturated rings. The minimum atomic E-state index is -3.69. The molecule has 46 heavy (non-hydrogen) atoms. The number of rotatable bonds is 13. The normalized spacial score (nSPS) is 12.2. The topological polar surface area (TPSA) is 83.9 Å². The summed E-state index contributed by atoms with van der Waals surface area (Å²) in [7, 11) is -2.36. The second kappa shape index (κ2) is 15.3. The van der Waals surface area contributed by atoms with Crippen molar-refractivity contribution in [2.45, 2.75) is 35.3 Å². The van der Waals surface area contributed by atoms with Crippen LogP contribution in [0.15, 0.2) is 137 Å². The third-order valence-electron chi connectivity index (χ3n) is 7.89. The van der Waals surface area contributed by atoms with Crippen LogP contribution in [-0.2, 0) is 27.5 Å². The van der Waals surface area contributed by atoms with Gasteiger partial charge in [0.1, 0.15) is 0 Å². The summed E-state index contributed by atoms with van der Waals surface area (Å²) in [6.45, 7) is 1.92. The van der Waals surface area contributed by atoms with Crippen molar-refractivity contribution in [1.29, 1.82) is 0 Å². The summed E-state index contributed by atoms with van der Waals surface area (Å²) < 4.78 is 31.5. The number of sulfone groups is 1. The van der Waals surface area contributed by atoms with Crippen molar-refractivity contribution in [2.75, 3.05) is 20.2 Å². The summed E-state index contributed by atoms with van der Waals surface area (Å²) >= 11 is 6.15. The van der Waals surface area contributed by atoms with E-state index in [0.29, 0.717) is 23.7 Å². The molecule has 0 heterocycles. The Morgan fingerprint density at radius 1 is 0.783 bits per heavy atom. The van der Waals surface area contributed by atoms with Crippen molar-refractivity contribution >= 4 is 27.4 Å². The molecule has 5 rings (SSSR count). The fraction of sp³-hybridized carbons (Fsp3) is 0.184. The van der Waals surface area contributed by atoms with E-state index in [-0.39, 0.29) is 9.79 Å². The number of ether oxygens (including phenoxy) is 1. The molecule has 0 unspecified atom stereocenters. The Kier molecular flexibility index (Phi) is 11.0. The number of aliphatic hydroxyl groups is 1. The van der Waals surface area contributed by atoms with E-state index in [0.717, 1.165) is 41.6 Å². The number of nitrogens with zero attached hydrogens (tertiary/aromatic N) is 1. The monoisotopic (exact) mass is 653 g/mol. The minimum Gasteiger partial charge on any atom is -0.465 e. The zero-order chi connectivity index (χ0) is 32.5. The maximum Gasteiger partial charge on any atom is 0.337 e. The van der Waals surface area contributed by atoms with E-state index in [2.05, 4.69) is 17.0 Å². The molecule has 0 aliphatic rings. The smallest absolute Gasteiger partial charge is 0.337 e. The molecule has 0 saturated carbocycles. The SMILES string of the molecule is COC(=O)c1ccc(-c2ccc(S(=O)(=O)c3ccc(CCCN(Cc4ccccc4)C[C@H](O)c4cccc(Cl)c4)cc3)cc2)cc1. The van der Waals surface area contributed by atoms with Crippen molar-refractivity contribution in [3.8, 4) is 11.1 Å². The highest BCUT2D eigenvalue weighted by Crippen LogP contribution is 2.26. The minimum absolute atomic E-state index is 0.213. The first-order valence-corrected chi connectivity index (χ1v) is 16.9. The molecule has 0 saturated heterocycles. The fourth-order valence-corrected chi connectivity index (χ4v) is 6.82. The highest BCUT2D eigenvalue weighted by molar-refractivity contribution is 7.91. The van der Waals surface area contributed by atoms with Crippen molar-refractivity contribution in [3.63, 3.8) is 0 Å². The quantitative estimate of drug-likeness (QED) is 0.131. The molecule has 236 valence electrons. The molecule has 0 amide bonds. The fourth-order valence-electron chi connectivity index (χ4n) is 5.36. The summed E-state index contributed by atoms with van der Waals surface area (Å²) in [5.74, 6) is -0.409. The molecule has 0 radical (unpaired) electrons. The molecular weight excluding hydrogens is 618 g/mol. The largest absolute Gasteiger partial charge is 0.465 e. The van der Waals surface area contributed by atoms with Gasteiger partial charge in [-0.15, -0.1) is 0 Å². The van der Waals surface area contributed by atoms with E-state index >= 15 is 0 Å². The van der Waals surface area contributed by atoms with Gasteiger partial charge in [-0.05, 0) is 95.7 Å². The number of aliphatic hydroxyl groups excluding tert-OH is 1. The molecule has 8 heteroatoms. The van der Waals surface area contributed by atoms with Crippen LogP contribution in [0, 0.1) is 0 Å². The predicted molar refractivity (Wildman–Crippen MR) is 182 cm³/mol. The Balaban J connectivity index is 1.21. The van der Waals surface area contributed by atoms with Gasteiger partial charge in [0, 0.05) is 18.1 Å². The summed E-state index contributed by atoms with van der Waals surface area (Å²) in [5, 5.41) is 11.5. The van der Waals surface area contributed by atoms with Crippen LogP contribution in [0.1, 0.15) is 39.6 Å². The van der Waals surface area contributed by atoms with Gasteiger partial charge in [-0.25, -0.2) is 13.2 Å². The number of methoxy groups -OCH3 is 1. The van der Waals surface area contributed by atoms with Crippen molar-refractivity contribution < 1.29 is 23.1 Å². The Labute approximate surface area is 275 Å². The number of hydrogen-bond acceptors (Lipinski definition) is 6. The third-order valence-corrected chi connectivity index (χ3v) is 9.91. The van der Waals surface area contributed by atoms with Gasteiger partial charge >= 0.3 is 5.97 Å². The average Bonchev–Trinajstić information content (AvgIpc) is 3.08. The van der Waals surface area contributed by atoms with Gasteiger partial charge in [0.15, 0.2) is 0 Å². The Morgan fingerprint density at radius 2 is 1.39 bits per heavy atom. The van der Waals surface area contributed by atoms with Crippen LogP contribution in [0.2, 0.25) is 5.02 Å². The first kappa shape index (κ1) is 33.1. The number of hydrogen-bond donors (Lipinski definition) is 1. The predicted octanol–water partition coefficient (Wildman–Crippen LogP) is 7.79. The summed E-state index contributed by atoms with van der Waals surface area (Å²) in [5.41, 5.74) is 5.14. The molecule has 1 N–H and O–H groups in total. The van der Waals surface area contributed by atoms with Gasteiger partial charge in [-0.1, -0.05) is 90.5 Å². The van der Waals surface area contributed by atoms with Crippen LogP contribution in [0.5, 0.6) is 0 Å². The molecule has 0 aromatic heterocycles. The van der Waals surface area contributed by atoms with Gasteiger partial charge in [-0.3, -0.25) is 4.90 Å². The average molecular weight is 654 g/mol. The molecule has 1 atom stereocenters. The van der Waals surface area contributed by atoms with Gasteiger partial charge in [0.05, 0.1) is 28.6 Å². The van der Waals surface area contributed by atoms with E-state index in [1.165, 1.54) is 12.7 Å². The molecule has 0 bridgehead atoms. The lowest BCUT2D eigenvalue weighted by molar-refractivity contribution is 0.0600. The van der Waals surface area contributed by atoms with E-state index in [9.17, 15) is 18.3 Å². The van der Waals surface area contributed by atoms with Crippen molar-refractivity contribution in [2.24, 2.45) is 0 Å². The molecule has 0 aliphatic carbocycles. The lowest BCUT2D eigenvalue weighted by Crippen LogP contribution is -2.29. The Bertz CT molecular complexity index is 1840. The van der Waals surface area contributed by atoms with Gasteiger partial charge < -0.3 is 9.84 Å². The van der Waals surface area contributed by atoms with E-state index < -0.39 is 21.9 Å². The summed E-state index contributed by atoms with van der Waals surface area (Å²) in [6, 6.07) is 38.2. The Hall–Kier alpha value is -4.27. The van der Waals surface area contributed by atoms with Crippen LogP contribution in [-0.4, -0.2) is 44.6 Å². The summed E-state index contributed by atoms with van der Waals surface area (Å²) in [6.07, 6.45) is 0.930. The van der Waals surface area contributed by atoms with Gasteiger partial charge in [0.25, 0.3) is 0 Å². The first-order chi connectivity index (χ1) is 22.2. The van der Waals surface area contributed by atoms with Gasteiger partial charge in [-0.2, -0.15) is 0 Å². The second-order valence-electron chi connectivity index (χ2n) is 11.1. The number of benzene rings is 5. The lowest BCUT2D eigenvalue weighted by Gasteiger charge is -2.25. The molecule has 0 spiro atoms. The van der Waals surface area contributed by atoms with Crippen molar-refractivity contribution in [1.82, 2.24) is 4.90 Å². The van der Waals surface area contributed by atoms with E-state index in [4.69, 9.17) is 16.3 Å². The number of aryl methyl sites for hydroxylation is 1. The molecule has 5 aromatic rings. The highest BCUT2D eigenvalue weighted by Gasteiger charge is 2.18. The maximum atomic E-state index is 13.4. The standard InChI is InChI=1S/C38H36ClNO5S/c1-45-38(42)32-16-14-30(15-17-32)31-18-22-36(23-19-31)46(43,44)35-20-12-28(13-21-35)9-6-24-40(26-29-7-3-2-4-8-29)27-37(41)33-10-5-11-34(39)25-33/h2-5,7-8,10-23,25,37,41H,6,9,24,26-27H2,1H3/t37-/m0/s1. The number of carbonyl (C=O) groups excluding carboxylic acids is 1. The number of halogens is 1. The molecule has 0 aliphatic heterocycles. The second-order valence-corrected chi connectivity index (χ2v) is 13.5. The van der Waals surface area contributed by atoms with Crippen LogP contribution >= 0.6 is 11.6 Å². The maximum absolute atomic E-state index is 13.4. The molecular formula is C38H36ClNO5S. The summed E-state index contributed by atoms with van der Waals surface area (Å²) in [4.78, 5) is 14.4. The van der Waals surface area contributed by atoms with Crippen molar-refractivity contribution in [3.05, 3.63) is 155 Å². The highest BCUT2D eigenvalue weighted by atomic mass is 35.5. The zero-order valence-electron chi connectivity index (χ0n) is 25.6.